The molecule has 0 spiro atoms. The molecule has 3 rings (SSSR count). The van der Waals surface area contributed by atoms with Crippen LogP contribution in [0.1, 0.15) is 23.6 Å². The fourth-order valence-corrected chi connectivity index (χ4v) is 3.02. The smallest absolute Gasteiger partial charge is 0.319 e. The van der Waals surface area contributed by atoms with Gasteiger partial charge in [0.15, 0.2) is 0 Å². The van der Waals surface area contributed by atoms with Gasteiger partial charge >= 0.3 is 6.03 Å². The number of benzene rings is 1. The molecule has 0 radical (unpaired) electrons. The summed E-state index contributed by atoms with van der Waals surface area (Å²) < 4.78 is 5.04. The zero-order chi connectivity index (χ0) is 16.4. The summed E-state index contributed by atoms with van der Waals surface area (Å²) in [4.78, 5) is 26.4. The van der Waals surface area contributed by atoms with E-state index in [1.165, 1.54) is 0 Å². The molecular formula is C17H21N3O3. The molecule has 0 bridgehead atoms. The highest BCUT2D eigenvalue weighted by Gasteiger charge is 2.39. The summed E-state index contributed by atoms with van der Waals surface area (Å²) in [5.74, 6) is -0.0193. The summed E-state index contributed by atoms with van der Waals surface area (Å²) in [7, 11) is 1.65. The van der Waals surface area contributed by atoms with Crippen LogP contribution in [-0.2, 0) is 9.53 Å². The maximum absolute atomic E-state index is 12.7. The molecule has 1 aromatic rings. The molecule has 0 saturated heterocycles. The van der Waals surface area contributed by atoms with Gasteiger partial charge in [-0.15, -0.1) is 0 Å². The SMILES string of the molecule is COCCCN1CC2=C(C1=O)C(c1ccc(C)cc1)NC(=O)N2. The molecule has 1 atom stereocenters. The van der Waals surface area contributed by atoms with Crippen LogP contribution in [0.25, 0.3) is 0 Å². The second-order valence-electron chi connectivity index (χ2n) is 5.91. The van der Waals surface area contributed by atoms with Crippen molar-refractivity contribution in [2.75, 3.05) is 26.8 Å². The number of rotatable bonds is 5. The zero-order valence-electron chi connectivity index (χ0n) is 13.4. The Morgan fingerprint density at radius 1 is 1.26 bits per heavy atom. The van der Waals surface area contributed by atoms with E-state index in [-0.39, 0.29) is 18.0 Å². The summed E-state index contributed by atoms with van der Waals surface area (Å²) in [6.07, 6.45) is 0.777. The van der Waals surface area contributed by atoms with E-state index in [0.29, 0.717) is 31.0 Å². The average Bonchev–Trinajstić information content (AvgIpc) is 2.84. The van der Waals surface area contributed by atoms with Gasteiger partial charge in [0, 0.05) is 20.3 Å². The Morgan fingerprint density at radius 3 is 2.70 bits per heavy atom. The first-order valence-electron chi connectivity index (χ1n) is 7.75. The Hall–Kier alpha value is -2.34. The molecular weight excluding hydrogens is 294 g/mol. The number of methoxy groups -OCH3 is 1. The van der Waals surface area contributed by atoms with Gasteiger partial charge in [-0.1, -0.05) is 29.8 Å². The lowest BCUT2D eigenvalue weighted by atomic mass is 9.95. The van der Waals surface area contributed by atoms with Crippen LogP contribution in [-0.4, -0.2) is 43.6 Å². The minimum Gasteiger partial charge on any atom is -0.385 e. The van der Waals surface area contributed by atoms with Crippen molar-refractivity contribution in [1.29, 1.82) is 0 Å². The van der Waals surface area contributed by atoms with Gasteiger partial charge in [0.25, 0.3) is 5.91 Å². The average molecular weight is 315 g/mol. The second kappa shape index (κ2) is 6.42. The molecule has 2 aliphatic rings. The van der Waals surface area contributed by atoms with Gasteiger partial charge in [0.1, 0.15) is 0 Å². The van der Waals surface area contributed by atoms with Crippen molar-refractivity contribution in [2.45, 2.75) is 19.4 Å². The van der Waals surface area contributed by atoms with Crippen molar-refractivity contribution in [2.24, 2.45) is 0 Å². The third kappa shape index (κ3) is 3.07. The van der Waals surface area contributed by atoms with E-state index in [2.05, 4.69) is 10.6 Å². The second-order valence-corrected chi connectivity index (χ2v) is 5.91. The number of carbonyl (C=O) groups is 2. The number of amides is 3. The summed E-state index contributed by atoms with van der Waals surface area (Å²) in [5, 5.41) is 5.64. The standard InChI is InChI=1S/C17H21N3O3/c1-11-4-6-12(7-5-11)15-14-13(18-17(22)19-15)10-20(16(14)21)8-3-9-23-2/h4-7,15H,3,8-10H2,1-2H3,(H2,18,19,22). The summed E-state index contributed by atoms with van der Waals surface area (Å²) >= 11 is 0. The summed E-state index contributed by atoms with van der Waals surface area (Å²) in [5.41, 5.74) is 3.42. The minimum absolute atomic E-state index is 0.0193. The Bertz CT molecular complexity index is 652. The highest BCUT2D eigenvalue weighted by molar-refractivity contribution is 6.01. The molecule has 0 aromatic heterocycles. The van der Waals surface area contributed by atoms with Gasteiger partial charge < -0.3 is 20.3 Å². The van der Waals surface area contributed by atoms with Crippen molar-refractivity contribution >= 4 is 11.9 Å². The number of hydrogen-bond acceptors (Lipinski definition) is 3. The van der Waals surface area contributed by atoms with Gasteiger partial charge in [-0.2, -0.15) is 0 Å². The van der Waals surface area contributed by atoms with Gasteiger partial charge in [0.2, 0.25) is 0 Å². The van der Waals surface area contributed by atoms with Crippen LogP contribution in [0.4, 0.5) is 4.79 Å². The van der Waals surface area contributed by atoms with E-state index in [1.807, 2.05) is 31.2 Å². The van der Waals surface area contributed by atoms with Crippen molar-refractivity contribution in [3.63, 3.8) is 0 Å². The number of hydrogen-bond donors (Lipinski definition) is 2. The molecule has 2 aliphatic heterocycles. The number of carbonyl (C=O) groups excluding carboxylic acids is 2. The normalized spacial score (nSPS) is 20.4. The van der Waals surface area contributed by atoms with Crippen LogP contribution in [0.2, 0.25) is 0 Å². The third-order valence-corrected chi connectivity index (χ3v) is 4.21. The molecule has 6 nitrogen and oxygen atoms in total. The lowest BCUT2D eigenvalue weighted by Crippen LogP contribution is -2.44. The van der Waals surface area contributed by atoms with Crippen molar-refractivity contribution < 1.29 is 14.3 Å². The van der Waals surface area contributed by atoms with Crippen molar-refractivity contribution in [3.8, 4) is 0 Å². The van der Waals surface area contributed by atoms with E-state index < -0.39 is 0 Å². The molecule has 0 saturated carbocycles. The molecule has 2 heterocycles. The Balaban J connectivity index is 1.84. The fourth-order valence-electron chi connectivity index (χ4n) is 3.02. The molecule has 2 N–H and O–H groups in total. The fraction of sp³-hybridized carbons (Fsp3) is 0.412. The summed E-state index contributed by atoms with van der Waals surface area (Å²) in [6, 6.07) is 7.23. The number of ether oxygens (including phenoxy) is 1. The van der Waals surface area contributed by atoms with E-state index in [1.54, 1.807) is 12.0 Å². The molecule has 0 fully saturated rings. The largest absolute Gasteiger partial charge is 0.385 e. The van der Waals surface area contributed by atoms with Gasteiger partial charge in [-0.25, -0.2) is 4.79 Å². The van der Waals surface area contributed by atoms with Crippen LogP contribution >= 0.6 is 0 Å². The molecule has 3 amide bonds. The maximum Gasteiger partial charge on any atom is 0.319 e. The van der Waals surface area contributed by atoms with Crippen LogP contribution in [0, 0.1) is 6.92 Å². The van der Waals surface area contributed by atoms with Crippen LogP contribution in [0.5, 0.6) is 0 Å². The van der Waals surface area contributed by atoms with E-state index in [0.717, 1.165) is 17.5 Å². The molecule has 0 aliphatic carbocycles. The van der Waals surface area contributed by atoms with Crippen LogP contribution < -0.4 is 10.6 Å². The topological polar surface area (TPSA) is 70.7 Å². The Morgan fingerprint density at radius 2 is 2.00 bits per heavy atom. The van der Waals surface area contributed by atoms with Crippen molar-refractivity contribution in [3.05, 3.63) is 46.7 Å². The lowest BCUT2D eigenvalue weighted by Gasteiger charge is -2.25. The first-order chi connectivity index (χ1) is 11.1. The van der Waals surface area contributed by atoms with E-state index >= 15 is 0 Å². The lowest BCUT2D eigenvalue weighted by molar-refractivity contribution is -0.125. The first-order valence-corrected chi connectivity index (χ1v) is 7.75. The van der Waals surface area contributed by atoms with Crippen LogP contribution in [0.3, 0.4) is 0 Å². The maximum atomic E-state index is 12.7. The summed E-state index contributed by atoms with van der Waals surface area (Å²) in [6.45, 7) is 3.69. The molecule has 1 aromatic carbocycles. The number of aryl methyl sites for hydroxylation is 1. The highest BCUT2D eigenvalue weighted by atomic mass is 16.5. The molecule has 122 valence electrons. The Labute approximate surface area is 135 Å². The number of nitrogens with zero attached hydrogens (tertiary/aromatic N) is 1. The molecule has 1 unspecified atom stereocenters. The van der Waals surface area contributed by atoms with Crippen LogP contribution in [0.15, 0.2) is 35.5 Å². The minimum atomic E-state index is -0.390. The van der Waals surface area contributed by atoms with Gasteiger partial charge in [-0.3, -0.25) is 4.79 Å². The predicted octanol–water partition coefficient (Wildman–Crippen LogP) is 1.48. The Kier molecular flexibility index (Phi) is 4.34. The molecule has 23 heavy (non-hydrogen) atoms. The third-order valence-electron chi connectivity index (χ3n) is 4.21. The number of nitrogens with one attached hydrogen (secondary N) is 2. The van der Waals surface area contributed by atoms with Crippen molar-refractivity contribution in [1.82, 2.24) is 15.5 Å². The monoisotopic (exact) mass is 315 g/mol. The van der Waals surface area contributed by atoms with E-state index in [4.69, 9.17) is 4.74 Å². The molecule has 6 heteroatoms. The first kappa shape index (κ1) is 15.6. The highest BCUT2D eigenvalue weighted by Crippen LogP contribution is 2.32. The van der Waals surface area contributed by atoms with E-state index in [9.17, 15) is 9.59 Å². The van der Waals surface area contributed by atoms with Gasteiger partial charge in [-0.05, 0) is 18.9 Å². The quantitative estimate of drug-likeness (QED) is 0.809. The number of urea groups is 1. The predicted molar refractivity (Wildman–Crippen MR) is 85.7 cm³/mol. The zero-order valence-corrected chi connectivity index (χ0v) is 13.4. The van der Waals surface area contributed by atoms with Gasteiger partial charge in [0.05, 0.1) is 23.9 Å².